The van der Waals surface area contributed by atoms with Crippen LogP contribution in [-0.2, 0) is 25.7 Å². The van der Waals surface area contributed by atoms with E-state index in [4.69, 9.17) is 14.6 Å². The molecule has 0 aliphatic carbocycles. The van der Waals surface area contributed by atoms with Gasteiger partial charge in [-0.1, -0.05) is 30.3 Å². The standard InChI is InChI=1S/C15H17NO6/c1-10-16(12(14(19)22-10)7-8-13(17)18)15(20)21-9-11-5-3-2-4-6-11/h2-6,10,12H,7-9H2,1H3,(H,17,18). The van der Waals surface area contributed by atoms with Gasteiger partial charge in [-0.05, 0) is 18.9 Å². The summed E-state index contributed by atoms with van der Waals surface area (Å²) < 4.78 is 10.2. The number of amides is 1. The lowest BCUT2D eigenvalue weighted by atomic mass is 10.1. The molecular formula is C15H17NO6. The smallest absolute Gasteiger partial charge is 0.413 e. The maximum absolute atomic E-state index is 12.2. The number of carboxylic acids is 1. The second-order valence-corrected chi connectivity index (χ2v) is 4.93. The van der Waals surface area contributed by atoms with Crippen molar-refractivity contribution in [3.05, 3.63) is 35.9 Å². The van der Waals surface area contributed by atoms with Gasteiger partial charge in [-0.3, -0.25) is 9.69 Å². The summed E-state index contributed by atoms with van der Waals surface area (Å²) in [6.07, 6.45) is -1.69. The van der Waals surface area contributed by atoms with Crippen molar-refractivity contribution >= 4 is 18.0 Å². The van der Waals surface area contributed by atoms with E-state index in [1.165, 1.54) is 0 Å². The molecule has 0 spiro atoms. The first-order chi connectivity index (χ1) is 10.5. The minimum Gasteiger partial charge on any atom is -0.481 e. The number of aliphatic carboxylic acids is 1. The molecule has 2 unspecified atom stereocenters. The molecule has 0 bridgehead atoms. The molecule has 0 aromatic heterocycles. The summed E-state index contributed by atoms with van der Waals surface area (Å²) in [4.78, 5) is 35.7. The van der Waals surface area contributed by atoms with Crippen molar-refractivity contribution in [2.45, 2.75) is 38.6 Å². The number of hydrogen-bond acceptors (Lipinski definition) is 5. The fraction of sp³-hybridized carbons (Fsp3) is 0.400. The Morgan fingerprint density at radius 2 is 2.00 bits per heavy atom. The number of benzene rings is 1. The summed E-state index contributed by atoms with van der Waals surface area (Å²) in [6.45, 7) is 1.62. The van der Waals surface area contributed by atoms with Gasteiger partial charge >= 0.3 is 18.0 Å². The van der Waals surface area contributed by atoms with Crippen LogP contribution in [0.2, 0.25) is 0 Å². The van der Waals surface area contributed by atoms with Gasteiger partial charge in [0.05, 0.1) is 0 Å². The monoisotopic (exact) mass is 307 g/mol. The highest BCUT2D eigenvalue weighted by atomic mass is 16.6. The molecule has 1 amide bonds. The second-order valence-electron chi connectivity index (χ2n) is 4.93. The lowest BCUT2D eigenvalue weighted by molar-refractivity contribution is -0.142. The van der Waals surface area contributed by atoms with Crippen LogP contribution in [-0.4, -0.2) is 40.3 Å². The van der Waals surface area contributed by atoms with Crippen molar-refractivity contribution < 1.29 is 29.0 Å². The number of carboxylic acid groups (broad SMARTS) is 1. The first-order valence-corrected chi connectivity index (χ1v) is 6.90. The summed E-state index contributed by atoms with van der Waals surface area (Å²) in [5, 5.41) is 8.72. The molecular weight excluding hydrogens is 290 g/mol. The molecule has 7 heteroatoms. The lowest BCUT2D eigenvalue weighted by Crippen LogP contribution is -2.42. The first-order valence-electron chi connectivity index (χ1n) is 6.90. The summed E-state index contributed by atoms with van der Waals surface area (Å²) in [7, 11) is 0. The van der Waals surface area contributed by atoms with E-state index in [0.29, 0.717) is 0 Å². The van der Waals surface area contributed by atoms with E-state index in [9.17, 15) is 14.4 Å². The highest BCUT2D eigenvalue weighted by Crippen LogP contribution is 2.23. The van der Waals surface area contributed by atoms with Gasteiger partial charge in [-0.25, -0.2) is 9.59 Å². The number of ether oxygens (including phenoxy) is 2. The maximum atomic E-state index is 12.2. The van der Waals surface area contributed by atoms with Crippen LogP contribution in [0.1, 0.15) is 25.3 Å². The minimum atomic E-state index is -1.04. The van der Waals surface area contributed by atoms with Gasteiger partial charge in [0.15, 0.2) is 6.23 Å². The van der Waals surface area contributed by atoms with Crippen molar-refractivity contribution in [1.29, 1.82) is 0 Å². The summed E-state index contributed by atoms with van der Waals surface area (Å²) in [5.74, 6) is -1.64. The number of rotatable bonds is 5. The average molecular weight is 307 g/mol. The Kier molecular flexibility index (Phi) is 4.98. The van der Waals surface area contributed by atoms with Crippen LogP contribution in [0.4, 0.5) is 4.79 Å². The zero-order valence-electron chi connectivity index (χ0n) is 12.1. The van der Waals surface area contributed by atoms with Crippen LogP contribution >= 0.6 is 0 Å². The van der Waals surface area contributed by atoms with Gasteiger partial charge in [-0.2, -0.15) is 0 Å². The van der Waals surface area contributed by atoms with Gasteiger partial charge in [0.25, 0.3) is 0 Å². The number of carbonyl (C=O) groups excluding carboxylic acids is 2. The van der Waals surface area contributed by atoms with E-state index in [1.807, 2.05) is 30.3 Å². The molecule has 2 rings (SSSR count). The Morgan fingerprint density at radius 3 is 2.64 bits per heavy atom. The molecule has 1 aromatic carbocycles. The van der Waals surface area contributed by atoms with Crippen molar-refractivity contribution in [2.75, 3.05) is 0 Å². The molecule has 7 nitrogen and oxygen atoms in total. The molecule has 1 aliphatic heterocycles. The van der Waals surface area contributed by atoms with Crippen LogP contribution in [0, 0.1) is 0 Å². The fourth-order valence-electron chi connectivity index (χ4n) is 2.26. The van der Waals surface area contributed by atoms with Crippen molar-refractivity contribution in [2.24, 2.45) is 0 Å². The largest absolute Gasteiger partial charge is 0.481 e. The van der Waals surface area contributed by atoms with Crippen molar-refractivity contribution in [3.63, 3.8) is 0 Å². The van der Waals surface area contributed by atoms with Gasteiger partial charge in [-0.15, -0.1) is 0 Å². The van der Waals surface area contributed by atoms with E-state index < -0.39 is 30.3 Å². The lowest BCUT2D eigenvalue weighted by Gasteiger charge is -2.23. The Hall–Kier alpha value is -2.57. The molecule has 1 aliphatic rings. The number of nitrogens with zero attached hydrogens (tertiary/aromatic N) is 1. The van der Waals surface area contributed by atoms with E-state index >= 15 is 0 Å². The SMILES string of the molecule is CC1OC(=O)C(CCC(=O)O)N1C(=O)OCc1ccccc1. The third-order valence-corrected chi connectivity index (χ3v) is 3.33. The quantitative estimate of drug-likeness (QED) is 0.833. The highest BCUT2D eigenvalue weighted by Gasteiger charge is 2.43. The van der Waals surface area contributed by atoms with Crippen LogP contribution in [0.5, 0.6) is 0 Å². The van der Waals surface area contributed by atoms with Crippen molar-refractivity contribution in [1.82, 2.24) is 4.90 Å². The number of carbonyl (C=O) groups is 3. The van der Waals surface area contributed by atoms with E-state index in [2.05, 4.69) is 0 Å². The summed E-state index contributed by atoms with van der Waals surface area (Å²) >= 11 is 0. The number of hydrogen-bond donors (Lipinski definition) is 1. The predicted octanol–water partition coefficient (Wildman–Crippen LogP) is 1.76. The second kappa shape index (κ2) is 6.93. The van der Waals surface area contributed by atoms with Crippen LogP contribution in [0.25, 0.3) is 0 Å². The molecule has 1 saturated heterocycles. The average Bonchev–Trinajstić information content (AvgIpc) is 2.77. The molecule has 0 saturated carbocycles. The molecule has 1 aromatic rings. The minimum absolute atomic E-state index is 0.00105. The molecule has 1 N–H and O–H groups in total. The van der Waals surface area contributed by atoms with Crippen LogP contribution in [0.3, 0.4) is 0 Å². The zero-order valence-corrected chi connectivity index (χ0v) is 12.1. The van der Waals surface area contributed by atoms with E-state index in [-0.39, 0.29) is 19.4 Å². The Morgan fingerprint density at radius 1 is 1.32 bits per heavy atom. The summed E-state index contributed by atoms with van der Waals surface area (Å²) in [6, 6.07) is 8.19. The zero-order chi connectivity index (χ0) is 16.1. The Labute approximate surface area is 127 Å². The molecule has 0 radical (unpaired) electrons. The molecule has 1 heterocycles. The van der Waals surface area contributed by atoms with Gasteiger partial charge < -0.3 is 14.6 Å². The van der Waals surface area contributed by atoms with E-state index in [0.717, 1.165) is 10.5 Å². The highest BCUT2D eigenvalue weighted by molar-refractivity contribution is 5.84. The van der Waals surface area contributed by atoms with Gasteiger partial charge in [0, 0.05) is 6.42 Å². The fourth-order valence-corrected chi connectivity index (χ4v) is 2.26. The first kappa shape index (κ1) is 15.8. The van der Waals surface area contributed by atoms with Crippen molar-refractivity contribution in [3.8, 4) is 0 Å². The van der Waals surface area contributed by atoms with Gasteiger partial charge in [0.1, 0.15) is 12.6 Å². The molecule has 1 fully saturated rings. The summed E-state index contributed by atoms with van der Waals surface area (Å²) in [5.41, 5.74) is 0.817. The molecule has 22 heavy (non-hydrogen) atoms. The normalized spacial score (nSPS) is 20.6. The molecule has 2 atom stereocenters. The number of cyclic esters (lactones) is 1. The topological polar surface area (TPSA) is 93.1 Å². The predicted molar refractivity (Wildman–Crippen MR) is 74.7 cm³/mol. The van der Waals surface area contributed by atoms with Crippen LogP contribution in [0.15, 0.2) is 30.3 Å². The Balaban J connectivity index is 1.98. The van der Waals surface area contributed by atoms with E-state index in [1.54, 1.807) is 6.92 Å². The number of esters is 1. The van der Waals surface area contributed by atoms with Gasteiger partial charge in [0.2, 0.25) is 0 Å². The third-order valence-electron chi connectivity index (χ3n) is 3.33. The molecule has 118 valence electrons. The third kappa shape index (κ3) is 3.75. The maximum Gasteiger partial charge on any atom is 0.413 e. The Bertz CT molecular complexity index is 558. The van der Waals surface area contributed by atoms with Crippen LogP contribution < -0.4 is 0 Å².